The third-order valence-electron chi connectivity index (χ3n) is 5.24. The highest BCUT2D eigenvalue weighted by Gasteiger charge is 2.23. The normalized spacial score (nSPS) is 20.3. The molecule has 0 atom stereocenters. The predicted octanol–water partition coefficient (Wildman–Crippen LogP) is 4.33. The number of ether oxygens (including phenoxy) is 1. The number of rotatable bonds is 15. The van der Waals surface area contributed by atoms with Crippen LogP contribution in [0.2, 0.25) is 0 Å². The molecule has 1 saturated carbocycles. The van der Waals surface area contributed by atoms with Gasteiger partial charge in [0, 0.05) is 13.2 Å². The minimum atomic E-state index is -3.33. The van der Waals surface area contributed by atoms with Crippen molar-refractivity contribution in [3.05, 3.63) is 30.2 Å². The van der Waals surface area contributed by atoms with E-state index in [-0.39, 0.29) is 0 Å². The summed E-state index contributed by atoms with van der Waals surface area (Å²) in [6, 6.07) is 3.42. The predicted molar refractivity (Wildman–Crippen MR) is 117 cm³/mol. The van der Waals surface area contributed by atoms with Gasteiger partial charge in [-0.25, -0.2) is 13.1 Å². The molecule has 5 nitrogen and oxygen atoms in total. The van der Waals surface area contributed by atoms with Gasteiger partial charge in [-0.05, 0) is 75.4 Å². The third kappa shape index (κ3) is 9.18. The number of hydrogen-bond donors (Lipinski definition) is 2. The van der Waals surface area contributed by atoms with Gasteiger partial charge in [0.25, 0.3) is 0 Å². The largest absolute Gasteiger partial charge is 0.378 e. The first-order valence-electron chi connectivity index (χ1n) is 10.6. The first-order valence-corrected chi connectivity index (χ1v) is 12.9. The highest BCUT2D eigenvalue weighted by molar-refractivity contribution is 7.91. The summed E-state index contributed by atoms with van der Waals surface area (Å²) in [5.41, 5.74) is 0. The van der Waals surface area contributed by atoms with Gasteiger partial charge in [-0.15, -0.1) is 17.9 Å². The highest BCUT2D eigenvalue weighted by atomic mass is 32.2. The van der Waals surface area contributed by atoms with Gasteiger partial charge >= 0.3 is 0 Å². The van der Waals surface area contributed by atoms with E-state index in [0.717, 1.165) is 58.2 Å². The van der Waals surface area contributed by atoms with Crippen molar-refractivity contribution in [2.75, 3.05) is 26.2 Å². The SMILES string of the molecule is C=CCCNCCCCCCOC1CCC(CNS(=O)(=O)c2cccs2)CC1. The quantitative estimate of drug-likeness (QED) is 0.322. The first-order chi connectivity index (χ1) is 13.6. The number of nitrogens with one attached hydrogen (secondary N) is 2. The van der Waals surface area contributed by atoms with Crippen molar-refractivity contribution >= 4 is 21.4 Å². The van der Waals surface area contributed by atoms with Gasteiger partial charge in [-0.1, -0.05) is 25.0 Å². The van der Waals surface area contributed by atoms with Crippen LogP contribution in [0, 0.1) is 5.92 Å². The smallest absolute Gasteiger partial charge is 0.250 e. The Balaban J connectivity index is 1.46. The second-order valence-corrected chi connectivity index (χ2v) is 10.5. The van der Waals surface area contributed by atoms with Gasteiger partial charge < -0.3 is 10.1 Å². The molecule has 7 heteroatoms. The molecule has 0 spiro atoms. The Morgan fingerprint density at radius 2 is 1.93 bits per heavy atom. The van der Waals surface area contributed by atoms with E-state index in [1.54, 1.807) is 17.5 Å². The van der Waals surface area contributed by atoms with Crippen LogP contribution in [0.1, 0.15) is 57.8 Å². The number of unbranched alkanes of at least 4 members (excludes halogenated alkanes) is 3. The zero-order chi connectivity index (χ0) is 20.1. The lowest BCUT2D eigenvalue weighted by Gasteiger charge is -2.28. The van der Waals surface area contributed by atoms with Gasteiger partial charge in [-0.2, -0.15) is 0 Å². The number of thiophene rings is 1. The monoisotopic (exact) mass is 428 g/mol. The van der Waals surface area contributed by atoms with Crippen molar-refractivity contribution in [1.82, 2.24) is 10.0 Å². The van der Waals surface area contributed by atoms with Crippen molar-refractivity contribution in [3.8, 4) is 0 Å². The fourth-order valence-electron chi connectivity index (χ4n) is 3.50. The Kier molecular flexibility index (Phi) is 11.3. The van der Waals surface area contributed by atoms with Crippen molar-refractivity contribution in [3.63, 3.8) is 0 Å². The van der Waals surface area contributed by atoms with E-state index >= 15 is 0 Å². The standard InChI is InChI=1S/C21H36N2O3S2/c1-2-3-14-22-15-6-4-5-7-16-26-20-12-10-19(11-13-20)18-23-28(24,25)21-9-8-17-27-21/h2,8-9,17,19-20,22-23H,1,3-7,10-16,18H2. The number of sulfonamides is 1. The van der Waals surface area contributed by atoms with E-state index in [9.17, 15) is 8.42 Å². The lowest BCUT2D eigenvalue weighted by molar-refractivity contribution is 0.0167. The molecular weight excluding hydrogens is 392 g/mol. The zero-order valence-corrected chi connectivity index (χ0v) is 18.5. The fourth-order valence-corrected chi connectivity index (χ4v) is 5.66. The Morgan fingerprint density at radius 3 is 2.64 bits per heavy atom. The van der Waals surface area contributed by atoms with Gasteiger partial charge in [0.1, 0.15) is 4.21 Å². The molecule has 2 rings (SSSR count). The van der Waals surface area contributed by atoms with Crippen LogP contribution in [0.15, 0.2) is 34.4 Å². The molecule has 1 fully saturated rings. The van der Waals surface area contributed by atoms with E-state index in [2.05, 4.69) is 16.6 Å². The van der Waals surface area contributed by atoms with Crippen LogP contribution in [0.3, 0.4) is 0 Å². The maximum atomic E-state index is 12.2. The van der Waals surface area contributed by atoms with E-state index in [1.807, 2.05) is 6.08 Å². The zero-order valence-electron chi connectivity index (χ0n) is 16.9. The van der Waals surface area contributed by atoms with E-state index in [4.69, 9.17) is 4.74 Å². The van der Waals surface area contributed by atoms with Gasteiger partial charge in [-0.3, -0.25) is 0 Å². The van der Waals surface area contributed by atoms with Gasteiger partial charge in [0.05, 0.1) is 6.10 Å². The molecule has 160 valence electrons. The summed E-state index contributed by atoms with van der Waals surface area (Å²) in [6.45, 7) is 7.23. The molecule has 1 aliphatic rings. The highest BCUT2D eigenvalue weighted by Crippen LogP contribution is 2.26. The summed E-state index contributed by atoms with van der Waals surface area (Å²) in [5, 5.41) is 5.21. The van der Waals surface area contributed by atoms with E-state index in [0.29, 0.717) is 22.8 Å². The van der Waals surface area contributed by atoms with Crippen LogP contribution in [-0.4, -0.2) is 40.8 Å². The van der Waals surface area contributed by atoms with Crippen molar-refractivity contribution in [2.24, 2.45) is 5.92 Å². The molecule has 0 amide bonds. The maximum absolute atomic E-state index is 12.2. The third-order valence-corrected chi connectivity index (χ3v) is 8.06. The Morgan fingerprint density at radius 1 is 1.14 bits per heavy atom. The van der Waals surface area contributed by atoms with Gasteiger partial charge in [0.15, 0.2) is 0 Å². The Hall–Kier alpha value is -0.730. The minimum absolute atomic E-state index is 0.353. The van der Waals surface area contributed by atoms with Crippen molar-refractivity contribution < 1.29 is 13.2 Å². The van der Waals surface area contributed by atoms with Gasteiger partial charge in [0.2, 0.25) is 10.0 Å². The molecule has 0 saturated heterocycles. The van der Waals surface area contributed by atoms with Crippen LogP contribution in [-0.2, 0) is 14.8 Å². The molecular formula is C21H36N2O3S2. The summed E-state index contributed by atoms with van der Waals surface area (Å²) in [5.74, 6) is 0.420. The van der Waals surface area contributed by atoms with Crippen LogP contribution in [0.4, 0.5) is 0 Å². The minimum Gasteiger partial charge on any atom is -0.378 e. The molecule has 2 N–H and O–H groups in total. The summed E-state index contributed by atoms with van der Waals surface area (Å²) >= 11 is 1.26. The summed E-state index contributed by atoms with van der Waals surface area (Å²) < 4.78 is 33.6. The molecule has 28 heavy (non-hydrogen) atoms. The maximum Gasteiger partial charge on any atom is 0.250 e. The Bertz CT molecular complexity index is 624. The molecule has 0 radical (unpaired) electrons. The van der Waals surface area contributed by atoms with Crippen LogP contribution in [0.5, 0.6) is 0 Å². The summed E-state index contributed by atoms with van der Waals surface area (Å²) in [6.07, 6.45) is 12.3. The molecule has 1 aromatic rings. The molecule has 0 unspecified atom stereocenters. The van der Waals surface area contributed by atoms with Crippen molar-refractivity contribution in [1.29, 1.82) is 0 Å². The molecule has 0 bridgehead atoms. The fraction of sp³-hybridized carbons (Fsp3) is 0.714. The first kappa shape index (κ1) is 23.5. The lowest BCUT2D eigenvalue weighted by atomic mass is 9.87. The van der Waals surface area contributed by atoms with E-state index in [1.165, 1.54) is 30.6 Å². The second kappa shape index (κ2) is 13.5. The molecule has 1 aliphatic carbocycles. The van der Waals surface area contributed by atoms with E-state index < -0.39 is 10.0 Å². The Labute approximate surface area is 175 Å². The molecule has 0 aliphatic heterocycles. The molecule has 1 heterocycles. The lowest BCUT2D eigenvalue weighted by Crippen LogP contribution is -2.32. The topological polar surface area (TPSA) is 67.4 Å². The summed E-state index contributed by atoms with van der Waals surface area (Å²) in [7, 11) is -3.33. The summed E-state index contributed by atoms with van der Waals surface area (Å²) in [4.78, 5) is 0. The van der Waals surface area contributed by atoms with Crippen LogP contribution < -0.4 is 10.0 Å². The molecule has 1 aromatic heterocycles. The van der Waals surface area contributed by atoms with Crippen molar-refractivity contribution in [2.45, 2.75) is 68.1 Å². The second-order valence-electron chi connectivity index (χ2n) is 7.54. The van der Waals surface area contributed by atoms with Crippen LogP contribution >= 0.6 is 11.3 Å². The average molecular weight is 429 g/mol. The van der Waals surface area contributed by atoms with Crippen LogP contribution in [0.25, 0.3) is 0 Å². The number of hydrogen-bond acceptors (Lipinski definition) is 5. The molecule has 0 aromatic carbocycles. The average Bonchev–Trinajstić information content (AvgIpc) is 3.25.